The fraction of sp³-hybridized carbons (Fsp3) is 0.364. The first-order valence-corrected chi connectivity index (χ1v) is 9.53. The summed E-state index contributed by atoms with van der Waals surface area (Å²) < 4.78 is 5.76. The number of benzene rings is 2. The number of rotatable bonds is 7. The quantitative estimate of drug-likeness (QED) is 0.761. The number of ether oxygens (including phenoxy) is 1. The summed E-state index contributed by atoms with van der Waals surface area (Å²) >= 11 is 0. The molecule has 0 saturated carbocycles. The minimum atomic E-state index is -0.815. The molecule has 0 spiro atoms. The first-order valence-electron chi connectivity index (χ1n) is 9.53. The Kier molecular flexibility index (Phi) is 6.53. The number of phenols is 1. The zero-order valence-corrected chi connectivity index (χ0v) is 15.7. The number of hydrogen-bond acceptors (Lipinski definition) is 4. The number of carbonyl (C=O) groups is 2. The van der Waals surface area contributed by atoms with E-state index < -0.39 is 5.97 Å². The van der Waals surface area contributed by atoms with Crippen LogP contribution in [0.15, 0.2) is 48.5 Å². The van der Waals surface area contributed by atoms with Gasteiger partial charge in [0.25, 0.3) is 5.91 Å². The van der Waals surface area contributed by atoms with Crippen LogP contribution in [0.3, 0.4) is 0 Å². The Hall–Kier alpha value is -3.02. The number of aromatic hydroxyl groups is 1. The molecular weight excluding hydrogens is 358 g/mol. The number of carboxylic acid groups (broad SMARTS) is 1. The lowest BCUT2D eigenvalue weighted by Crippen LogP contribution is -2.40. The van der Waals surface area contributed by atoms with E-state index in [-0.39, 0.29) is 29.6 Å². The van der Waals surface area contributed by atoms with Crippen molar-refractivity contribution in [2.24, 2.45) is 5.92 Å². The lowest BCUT2D eigenvalue weighted by molar-refractivity contribution is -0.137. The van der Waals surface area contributed by atoms with Gasteiger partial charge in [-0.3, -0.25) is 9.59 Å². The molecule has 28 heavy (non-hydrogen) atoms. The molecule has 3 rings (SSSR count). The first-order chi connectivity index (χ1) is 13.5. The molecule has 2 aromatic rings. The van der Waals surface area contributed by atoms with Gasteiger partial charge in [-0.15, -0.1) is 0 Å². The van der Waals surface area contributed by atoms with E-state index in [1.807, 2.05) is 30.3 Å². The molecule has 6 nitrogen and oxygen atoms in total. The van der Waals surface area contributed by atoms with Crippen LogP contribution in [0, 0.1) is 5.92 Å². The van der Waals surface area contributed by atoms with Gasteiger partial charge in [0, 0.05) is 19.5 Å². The Morgan fingerprint density at radius 1 is 1.14 bits per heavy atom. The highest BCUT2D eigenvalue weighted by Gasteiger charge is 2.26. The van der Waals surface area contributed by atoms with Gasteiger partial charge in [0.15, 0.2) is 0 Å². The van der Waals surface area contributed by atoms with Gasteiger partial charge >= 0.3 is 5.97 Å². The summed E-state index contributed by atoms with van der Waals surface area (Å²) in [5, 5.41) is 19.1. The third kappa shape index (κ3) is 5.25. The van der Waals surface area contributed by atoms with Crippen molar-refractivity contribution in [3.8, 4) is 11.5 Å². The van der Waals surface area contributed by atoms with E-state index in [4.69, 9.17) is 9.84 Å². The summed E-state index contributed by atoms with van der Waals surface area (Å²) in [6, 6.07) is 14.4. The highest BCUT2D eigenvalue weighted by Crippen LogP contribution is 2.28. The summed E-state index contributed by atoms with van der Waals surface area (Å²) in [5.74, 6) is -0.449. The molecule has 1 amide bonds. The SMILES string of the molecule is O=C(O)CCC1CCCN(C(=O)c2cc(OCc3ccccc3)ccc2O)C1. The zero-order chi connectivity index (χ0) is 19.9. The largest absolute Gasteiger partial charge is 0.507 e. The predicted octanol–water partition coefficient (Wildman–Crippen LogP) is 3.69. The molecule has 1 aliphatic heterocycles. The molecule has 1 heterocycles. The molecule has 6 heteroatoms. The van der Waals surface area contributed by atoms with Crippen LogP contribution in [0.1, 0.15) is 41.6 Å². The second-order valence-corrected chi connectivity index (χ2v) is 7.15. The van der Waals surface area contributed by atoms with Crippen LogP contribution < -0.4 is 4.74 Å². The molecule has 1 unspecified atom stereocenters. The normalized spacial score (nSPS) is 16.6. The number of hydrogen-bond donors (Lipinski definition) is 2. The minimum Gasteiger partial charge on any atom is -0.507 e. The lowest BCUT2D eigenvalue weighted by Gasteiger charge is -2.33. The number of aliphatic carboxylic acids is 1. The van der Waals surface area contributed by atoms with Crippen molar-refractivity contribution in [1.82, 2.24) is 4.90 Å². The Morgan fingerprint density at radius 3 is 2.68 bits per heavy atom. The van der Waals surface area contributed by atoms with E-state index in [1.165, 1.54) is 6.07 Å². The average molecular weight is 383 g/mol. The first kappa shape index (κ1) is 19.7. The third-order valence-corrected chi connectivity index (χ3v) is 5.02. The molecule has 0 radical (unpaired) electrons. The molecule has 2 aromatic carbocycles. The summed E-state index contributed by atoms with van der Waals surface area (Å²) in [4.78, 5) is 25.4. The molecule has 1 aliphatic rings. The summed E-state index contributed by atoms with van der Waals surface area (Å²) in [7, 11) is 0. The highest BCUT2D eigenvalue weighted by molar-refractivity contribution is 5.97. The second kappa shape index (κ2) is 9.26. The van der Waals surface area contributed by atoms with Gasteiger partial charge < -0.3 is 19.8 Å². The number of likely N-dealkylation sites (tertiary alicyclic amines) is 1. The molecule has 0 aliphatic carbocycles. The summed E-state index contributed by atoms with van der Waals surface area (Å²) in [6.45, 7) is 1.50. The highest BCUT2D eigenvalue weighted by atomic mass is 16.5. The lowest BCUT2D eigenvalue weighted by atomic mass is 9.93. The maximum Gasteiger partial charge on any atom is 0.303 e. The van der Waals surface area contributed by atoms with Crippen LogP contribution in [0.25, 0.3) is 0 Å². The van der Waals surface area contributed by atoms with Gasteiger partial charge in [-0.05, 0) is 48.9 Å². The number of carboxylic acids is 1. The molecule has 2 N–H and O–H groups in total. The Labute approximate surface area is 164 Å². The van der Waals surface area contributed by atoms with Gasteiger partial charge in [0.05, 0.1) is 5.56 Å². The van der Waals surface area contributed by atoms with Crippen LogP contribution in [-0.2, 0) is 11.4 Å². The average Bonchev–Trinajstić information content (AvgIpc) is 2.72. The minimum absolute atomic E-state index is 0.0790. The summed E-state index contributed by atoms with van der Waals surface area (Å²) in [6.07, 6.45) is 2.43. The molecule has 1 atom stereocenters. The second-order valence-electron chi connectivity index (χ2n) is 7.15. The van der Waals surface area contributed by atoms with Crippen LogP contribution >= 0.6 is 0 Å². The van der Waals surface area contributed by atoms with Gasteiger partial charge in [0.2, 0.25) is 0 Å². The number of phenolic OH excluding ortho intramolecular Hbond substituents is 1. The molecule has 0 bridgehead atoms. The number of nitrogens with zero attached hydrogens (tertiary/aromatic N) is 1. The van der Waals surface area contributed by atoms with E-state index in [0.29, 0.717) is 31.9 Å². The number of carbonyl (C=O) groups excluding carboxylic acids is 1. The smallest absolute Gasteiger partial charge is 0.303 e. The van der Waals surface area contributed by atoms with Crippen molar-refractivity contribution in [3.05, 3.63) is 59.7 Å². The predicted molar refractivity (Wildman–Crippen MR) is 104 cm³/mol. The maximum absolute atomic E-state index is 12.9. The maximum atomic E-state index is 12.9. The number of piperidine rings is 1. The van der Waals surface area contributed by atoms with Gasteiger partial charge in [-0.25, -0.2) is 0 Å². The van der Waals surface area contributed by atoms with Crippen LogP contribution in [0.2, 0.25) is 0 Å². The fourth-order valence-electron chi connectivity index (χ4n) is 3.50. The number of amides is 1. The van der Waals surface area contributed by atoms with E-state index in [2.05, 4.69) is 0 Å². The molecule has 1 fully saturated rings. The Morgan fingerprint density at radius 2 is 1.93 bits per heavy atom. The van der Waals surface area contributed by atoms with Crippen molar-refractivity contribution in [2.45, 2.75) is 32.3 Å². The Balaban J connectivity index is 1.66. The van der Waals surface area contributed by atoms with E-state index >= 15 is 0 Å². The fourth-order valence-corrected chi connectivity index (χ4v) is 3.50. The van der Waals surface area contributed by atoms with Crippen molar-refractivity contribution in [1.29, 1.82) is 0 Å². The van der Waals surface area contributed by atoms with Crippen molar-refractivity contribution in [2.75, 3.05) is 13.1 Å². The van der Waals surface area contributed by atoms with Crippen LogP contribution in [-0.4, -0.2) is 40.1 Å². The van der Waals surface area contributed by atoms with Gasteiger partial charge in [0.1, 0.15) is 18.1 Å². The Bertz CT molecular complexity index is 821. The monoisotopic (exact) mass is 383 g/mol. The standard InChI is InChI=1S/C22H25NO5/c24-20-10-9-18(28-15-17-5-2-1-3-6-17)13-19(20)22(27)23-12-4-7-16(14-23)8-11-21(25)26/h1-3,5-6,9-10,13,16,24H,4,7-8,11-12,14-15H2,(H,25,26). The van der Waals surface area contributed by atoms with E-state index in [1.54, 1.807) is 17.0 Å². The van der Waals surface area contributed by atoms with E-state index in [0.717, 1.165) is 18.4 Å². The zero-order valence-electron chi connectivity index (χ0n) is 15.7. The topological polar surface area (TPSA) is 87.1 Å². The van der Waals surface area contributed by atoms with Crippen LogP contribution in [0.4, 0.5) is 0 Å². The van der Waals surface area contributed by atoms with Crippen molar-refractivity contribution < 1.29 is 24.5 Å². The van der Waals surface area contributed by atoms with Crippen LogP contribution in [0.5, 0.6) is 11.5 Å². The summed E-state index contributed by atoms with van der Waals surface area (Å²) in [5.41, 5.74) is 1.23. The van der Waals surface area contributed by atoms with Gasteiger partial charge in [-0.1, -0.05) is 30.3 Å². The molecular formula is C22H25NO5. The van der Waals surface area contributed by atoms with E-state index in [9.17, 15) is 14.7 Å². The van der Waals surface area contributed by atoms with Gasteiger partial charge in [-0.2, -0.15) is 0 Å². The van der Waals surface area contributed by atoms with Crippen molar-refractivity contribution >= 4 is 11.9 Å². The molecule has 0 aromatic heterocycles. The third-order valence-electron chi connectivity index (χ3n) is 5.02. The molecule has 1 saturated heterocycles. The molecule has 148 valence electrons. The van der Waals surface area contributed by atoms with Crippen molar-refractivity contribution in [3.63, 3.8) is 0 Å².